The lowest BCUT2D eigenvalue weighted by atomic mass is 10.2. The summed E-state index contributed by atoms with van der Waals surface area (Å²) in [4.78, 5) is 10.7. The molecular formula is C9H20N2OS. The molecule has 3 nitrogen and oxygen atoms in total. The number of amides is 1. The second-order valence-corrected chi connectivity index (χ2v) is 4.57. The van der Waals surface area contributed by atoms with Crippen LogP contribution in [0.4, 0.5) is 0 Å². The number of carbonyl (C=O) groups is 1. The summed E-state index contributed by atoms with van der Waals surface area (Å²) in [7, 11) is 0. The van der Waals surface area contributed by atoms with Crippen LogP contribution < -0.4 is 11.1 Å². The Balaban J connectivity index is 3.04. The Hall–Kier alpha value is -0.220. The summed E-state index contributed by atoms with van der Waals surface area (Å²) in [6.07, 6.45) is 1.25. The van der Waals surface area contributed by atoms with E-state index in [1.807, 2.05) is 11.8 Å². The Morgan fingerprint density at radius 3 is 2.69 bits per heavy atom. The number of rotatable bonds is 7. The first-order valence-electron chi connectivity index (χ1n) is 4.71. The maximum atomic E-state index is 10.7. The average molecular weight is 204 g/mol. The van der Waals surface area contributed by atoms with Crippen LogP contribution in [-0.4, -0.2) is 30.5 Å². The fourth-order valence-corrected chi connectivity index (χ4v) is 1.84. The number of carbonyl (C=O) groups excluding carboxylic acids is 1. The van der Waals surface area contributed by atoms with Gasteiger partial charge in [0.25, 0.3) is 0 Å². The first-order valence-corrected chi connectivity index (χ1v) is 5.86. The van der Waals surface area contributed by atoms with Crippen LogP contribution in [0.5, 0.6) is 0 Å². The van der Waals surface area contributed by atoms with Crippen LogP contribution in [0.1, 0.15) is 20.3 Å². The van der Waals surface area contributed by atoms with Gasteiger partial charge >= 0.3 is 0 Å². The maximum absolute atomic E-state index is 10.7. The summed E-state index contributed by atoms with van der Waals surface area (Å²) in [5.41, 5.74) is 5.13. The molecule has 0 heterocycles. The molecule has 0 rings (SSSR count). The predicted molar refractivity (Wildman–Crippen MR) is 58.8 cm³/mol. The zero-order valence-electron chi connectivity index (χ0n) is 8.51. The van der Waals surface area contributed by atoms with Crippen molar-refractivity contribution in [3.8, 4) is 0 Å². The monoisotopic (exact) mass is 204 g/mol. The van der Waals surface area contributed by atoms with Crippen LogP contribution in [0.2, 0.25) is 0 Å². The second-order valence-electron chi connectivity index (χ2n) is 3.35. The molecule has 0 radical (unpaired) electrons. The van der Waals surface area contributed by atoms with E-state index in [2.05, 4.69) is 19.2 Å². The number of nitrogens with two attached hydrogens (primary N) is 1. The summed E-state index contributed by atoms with van der Waals surface area (Å²) < 4.78 is 0. The third-order valence-electron chi connectivity index (χ3n) is 1.59. The molecule has 0 aliphatic heterocycles. The molecule has 0 saturated heterocycles. The minimum absolute atomic E-state index is 0.0653. The molecule has 0 atom stereocenters. The van der Waals surface area contributed by atoms with Crippen LogP contribution >= 0.6 is 11.8 Å². The summed E-state index contributed by atoms with van der Waals surface area (Å²) in [6.45, 7) is 5.27. The number of nitrogens with one attached hydrogen (secondary N) is 1. The fourth-order valence-electron chi connectivity index (χ4n) is 0.756. The van der Waals surface area contributed by atoms with E-state index in [4.69, 9.17) is 5.73 Å². The van der Waals surface area contributed by atoms with E-state index in [1.165, 1.54) is 12.2 Å². The summed E-state index contributed by atoms with van der Waals surface area (Å²) in [5, 5.41) is 2.74. The Kier molecular flexibility index (Phi) is 8.24. The largest absolute Gasteiger partial charge is 0.354 e. The summed E-state index contributed by atoms with van der Waals surface area (Å²) in [6, 6.07) is 0. The predicted octanol–water partition coefficient (Wildman–Crippen LogP) is 0.841. The van der Waals surface area contributed by atoms with Crippen molar-refractivity contribution in [3.63, 3.8) is 0 Å². The Bertz CT molecular complexity index is 140. The molecule has 0 aliphatic carbocycles. The molecule has 0 aromatic carbocycles. The van der Waals surface area contributed by atoms with Gasteiger partial charge in [-0.15, -0.1) is 0 Å². The normalized spacial score (nSPS) is 10.5. The molecule has 0 aromatic rings. The first-order chi connectivity index (χ1) is 6.16. The second kappa shape index (κ2) is 8.38. The highest BCUT2D eigenvalue weighted by atomic mass is 32.2. The van der Waals surface area contributed by atoms with Crippen molar-refractivity contribution in [1.82, 2.24) is 5.32 Å². The Morgan fingerprint density at radius 2 is 2.15 bits per heavy atom. The molecule has 78 valence electrons. The van der Waals surface area contributed by atoms with Crippen molar-refractivity contribution in [1.29, 1.82) is 0 Å². The van der Waals surface area contributed by atoms with E-state index < -0.39 is 0 Å². The third-order valence-corrected chi connectivity index (χ3v) is 2.61. The van der Waals surface area contributed by atoms with Crippen LogP contribution in [0.25, 0.3) is 0 Å². The maximum Gasteiger partial charge on any atom is 0.233 e. The minimum Gasteiger partial charge on any atom is -0.354 e. The van der Waals surface area contributed by atoms with E-state index in [-0.39, 0.29) is 12.5 Å². The highest BCUT2D eigenvalue weighted by Gasteiger charge is 1.96. The number of thioether (sulfide) groups is 1. The molecule has 4 heteroatoms. The molecule has 1 amide bonds. The molecule has 0 bridgehead atoms. The van der Waals surface area contributed by atoms with Crippen molar-refractivity contribution in [2.45, 2.75) is 20.3 Å². The van der Waals surface area contributed by atoms with E-state index in [0.717, 1.165) is 18.2 Å². The Labute approximate surface area is 84.8 Å². The highest BCUT2D eigenvalue weighted by Crippen LogP contribution is 2.07. The molecular weight excluding hydrogens is 184 g/mol. The molecule has 0 spiro atoms. The number of hydrogen-bond donors (Lipinski definition) is 2. The van der Waals surface area contributed by atoms with Crippen LogP contribution in [0, 0.1) is 5.92 Å². The van der Waals surface area contributed by atoms with Gasteiger partial charge in [0, 0.05) is 12.3 Å². The topological polar surface area (TPSA) is 55.1 Å². The molecule has 3 N–H and O–H groups in total. The summed E-state index contributed by atoms with van der Waals surface area (Å²) >= 11 is 1.88. The van der Waals surface area contributed by atoms with Crippen molar-refractivity contribution < 1.29 is 4.79 Å². The fraction of sp³-hybridized carbons (Fsp3) is 0.889. The summed E-state index contributed by atoms with van der Waals surface area (Å²) in [5.74, 6) is 2.87. The lowest BCUT2D eigenvalue weighted by molar-refractivity contribution is -0.119. The highest BCUT2D eigenvalue weighted by molar-refractivity contribution is 7.99. The average Bonchev–Trinajstić information content (AvgIpc) is 2.10. The standard InChI is InChI=1S/C9H20N2OS/c1-8(2)3-5-13-6-4-11-9(12)7-10/h8H,3-7,10H2,1-2H3,(H,11,12). The van der Waals surface area contributed by atoms with Gasteiger partial charge in [-0.2, -0.15) is 11.8 Å². The Morgan fingerprint density at radius 1 is 1.46 bits per heavy atom. The van der Waals surface area contributed by atoms with Gasteiger partial charge in [0.1, 0.15) is 0 Å². The molecule has 0 fully saturated rings. The zero-order chi connectivity index (χ0) is 10.1. The van der Waals surface area contributed by atoms with Gasteiger partial charge in [0.2, 0.25) is 5.91 Å². The SMILES string of the molecule is CC(C)CCSCCNC(=O)CN. The van der Waals surface area contributed by atoms with E-state index in [1.54, 1.807) is 0 Å². The van der Waals surface area contributed by atoms with Gasteiger partial charge < -0.3 is 11.1 Å². The lowest BCUT2D eigenvalue weighted by Crippen LogP contribution is -2.31. The van der Waals surface area contributed by atoms with Gasteiger partial charge in [0.05, 0.1) is 6.54 Å². The van der Waals surface area contributed by atoms with Gasteiger partial charge in [-0.1, -0.05) is 13.8 Å². The molecule has 0 aliphatic rings. The van der Waals surface area contributed by atoms with Crippen molar-refractivity contribution in [3.05, 3.63) is 0 Å². The van der Waals surface area contributed by atoms with Crippen LogP contribution in [0.3, 0.4) is 0 Å². The third kappa shape index (κ3) is 9.70. The van der Waals surface area contributed by atoms with E-state index >= 15 is 0 Å². The minimum atomic E-state index is -0.0653. The number of hydrogen-bond acceptors (Lipinski definition) is 3. The van der Waals surface area contributed by atoms with Gasteiger partial charge in [0.15, 0.2) is 0 Å². The van der Waals surface area contributed by atoms with Gasteiger partial charge in [-0.3, -0.25) is 4.79 Å². The van der Waals surface area contributed by atoms with Gasteiger partial charge in [-0.05, 0) is 18.1 Å². The van der Waals surface area contributed by atoms with E-state index in [0.29, 0.717) is 0 Å². The first kappa shape index (κ1) is 12.8. The van der Waals surface area contributed by atoms with Gasteiger partial charge in [-0.25, -0.2) is 0 Å². The molecule has 13 heavy (non-hydrogen) atoms. The zero-order valence-corrected chi connectivity index (χ0v) is 9.32. The molecule has 0 saturated carbocycles. The smallest absolute Gasteiger partial charge is 0.233 e. The van der Waals surface area contributed by atoms with Crippen molar-refractivity contribution >= 4 is 17.7 Å². The molecule has 0 aromatic heterocycles. The van der Waals surface area contributed by atoms with Crippen LogP contribution in [0.15, 0.2) is 0 Å². The lowest BCUT2D eigenvalue weighted by Gasteiger charge is -2.05. The van der Waals surface area contributed by atoms with Crippen molar-refractivity contribution in [2.75, 3.05) is 24.6 Å². The van der Waals surface area contributed by atoms with Crippen molar-refractivity contribution in [2.24, 2.45) is 11.7 Å². The van der Waals surface area contributed by atoms with E-state index in [9.17, 15) is 4.79 Å². The molecule has 0 unspecified atom stereocenters. The quantitative estimate of drug-likeness (QED) is 0.604. The van der Waals surface area contributed by atoms with Crippen LogP contribution in [-0.2, 0) is 4.79 Å².